The number of epoxide rings is 1. The molecule has 4 saturated heterocycles. The molecule has 10 atom stereocenters. The highest BCUT2D eigenvalue weighted by atomic mass is 16.7. The topological polar surface area (TPSA) is 125 Å². The van der Waals surface area contributed by atoms with E-state index in [4.69, 9.17) is 23.4 Å². The minimum Gasteiger partial charge on any atom is -0.472 e. The first kappa shape index (κ1) is 27.1. The van der Waals surface area contributed by atoms with Crippen LogP contribution in [-0.4, -0.2) is 58.9 Å². The van der Waals surface area contributed by atoms with Crippen molar-refractivity contribution >= 4 is 17.7 Å². The second-order valence-electron chi connectivity index (χ2n) is 15.9. The van der Waals surface area contributed by atoms with E-state index in [1.807, 2.05) is 19.9 Å². The molecule has 0 amide bonds. The summed E-state index contributed by atoms with van der Waals surface area (Å²) in [5.41, 5.74) is -4.62. The third kappa shape index (κ3) is 2.71. The van der Waals surface area contributed by atoms with Crippen LogP contribution in [-0.2, 0) is 33.3 Å². The fourth-order valence-corrected chi connectivity index (χ4v) is 13.0. The van der Waals surface area contributed by atoms with E-state index in [0.717, 1.165) is 44.1 Å². The Morgan fingerprint density at radius 3 is 2.35 bits per heavy atom. The number of ether oxygens (including phenoxy) is 4. The molecule has 4 aliphatic carbocycles. The monoisotopic (exact) mass is 594 g/mol. The lowest BCUT2D eigenvalue weighted by Gasteiger charge is -2.70. The van der Waals surface area contributed by atoms with Gasteiger partial charge < -0.3 is 28.5 Å². The Labute approximate surface area is 251 Å². The number of carbonyl (C=O) groups excluding carboxylic acids is 3. The molecule has 9 nitrogen and oxygen atoms in total. The molecule has 1 aromatic rings. The predicted octanol–water partition coefficient (Wildman–Crippen LogP) is 4.45. The van der Waals surface area contributed by atoms with Gasteiger partial charge in [-0.1, -0.05) is 32.6 Å². The summed E-state index contributed by atoms with van der Waals surface area (Å²) in [6, 6.07) is 1.83. The number of carbonyl (C=O) groups is 3. The molecule has 4 aliphatic heterocycles. The minimum atomic E-state index is -1.34. The summed E-state index contributed by atoms with van der Waals surface area (Å²) < 4.78 is 31.6. The lowest BCUT2D eigenvalue weighted by Crippen LogP contribution is -2.79. The van der Waals surface area contributed by atoms with Crippen LogP contribution in [0.15, 0.2) is 23.0 Å². The largest absolute Gasteiger partial charge is 0.472 e. The van der Waals surface area contributed by atoms with Crippen LogP contribution in [0.5, 0.6) is 0 Å². The summed E-state index contributed by atoms with van der Waals surface area (Å²) >= 11 is 0. The molecule has 8 fully saturated rings. The fraction of sp³-hybridized carbons (Fsp3) is 0.794. The van der Waals surface area contributed by atoms with Crippen LogP contribution in [0.25, 0.3) is 0 Å². The van der Waals surface area contributed by atoms with Gasteiger partial charge in [-0.2, -0.15) is 0 Å². The van der Waals surface area contributed by atoms with E-state index >= 15 is 4.79 Å². The van der Waals surface area contributed by atoms with Crippen LogP contribution in [0, 0.1) is 39.4 Å². The molecule has 9 rings (SSSR count). The number of hydrogen-bond donors (Lipinski definition) is 1. The van der Waals surface area contributed by atoms with E-state index < -0.39 is 69.2 Å². The molecule has 8 aliphatic rings. The molecule has 0 bridgehead atoms. The van der Waals surface area contributed by atoms with E-state index in [1.165, 1.54) is 0 Å². The van der Waals surface area contributed by atoms with Gasteiger partial charge in [-0.05, 0) is 70.3 Å². The van der Waals surface area contributed by atoms with Gasteiger partial charge >= 0.3 is 11.9 Å². The fourth-order valence-electron chi connectivity index (χ4n) is 13.0. The zero-order valence-corrected chi connectivity index (χ0v) is 25.3. The zero-order chi connectivity index (χ0) is 29.8. The van der Waals surface area contributed by atoms with Crippen molar-refractivity contribution in [3.63, 3.8) is 0 Å². The molecule has 3 spiro atoms. The lowest BCUT2D eigenvalue weighted by molar-refractivity contribution is -0.281. The van der Waals surface area contributed by atoms with Gasteiger partial charge in [-0.3, -0.25) is 9.59 Å². The van der Waals surface area contributed by atoms with E-state index in [0.29, 0.717) is 25.7 Å². The normalized spacial score (nSPS) is 50.7. The van der Waals surface area contributed by atoms with Crippen LogP contribution in [0.1, 0.15) is 96.6 Å². The first-order valence-electron chi connectivity index (χ1n) is 16.5. The number of aliphatic hydroxyl groups is 1. The van der Waals surface area contributed by atoms with Gasteiger partial charge in [-0.25, -0.2) is 4.79 Å². The van der Waals surface area contributed by atoms with Gasteiger partial charge in [0.2, 0.25) is 0 Å². The van der Waals surface area contributed by atoms with Crippen molar-refractivity contribution in [2.24, 2.45) is 39.4 Å². The highest BCUT2D eigenvalue weighted by Gasteiger charge is 2.93. The van der Waals surface area contributed by atoms with Gasteiger partial charge in [0.15, 0.2) is 11.9 Å². The van der Waals surface area contributed by atoms with Crippen LogP contribution >= 0.6 is 0 Å². The second-order valence-corrected chi connectivity index (χ2v) is 15.9. The Balaban J connectivity index is 1.31. The van der Waals surface area contributed by atoms with Crippen molar-refractivity contribution in [3.05, 3.63) is 24.2 Å². The highest BCUT2D eigenvalue weighted by Crippen LogP contribution is 2.83. The molecule has 232 valence electrons. The Kier molecular flexibility index (Phi) is 5.12. The number of ketones is 1. The summed E-state index contributed by atoms with van der Waals surface area (Å²) in [5.74, 6) is -1.80. The number of esters is 2. The van der Waals surface area contributed by atoms with Crippen molar-refractivity contribution in [1.29, 1.82) is 0 Å². The van der Waals surface area contributed by atoms with Gasteiger partial charge in [0, 0.05) is 21.8 Å². The van der Waals surface area contributed by atoms with Crippen molar-refractivity contribution in [1.82, 2.24) is 0 Å². The van der Waals surface area contributed by atoms with Crippen LogP contribution in [0.2, 0.25) is 0 Å². The number of aliphatic hydroxyl groups excluding tert-OH is 1. The third-order valence-corrected chi connectivity index (χ3v) is 14.2. The number of Topliss-reactive ketones (excluding diaryl/α,β-unsaturated/α-hetero) is 1. The van der Waals surface area contributed by atoms with E-state index in [9.17, 15) is 14.7 Å². The van der Waals surface area contributed by atoms with E-state index in [1.54, 1.807) is 12.5 Å². The average Bonchev–Trinajstić information content (AvgIpc) is 3.52. The molecule has 5 heterocycles. The maximum Gasteiger partial charge on any atom is 0.339 e. The molecule has 1 N–H and O–H groups in total. The quantitative estimate of drug-likeness (QED) is 0.391. The summed E-state index contributed by atoms with van der Waals surface area (Å²) in [4.78, 5) is 42.5. The van der Waals surface area contributed by atoms with Gasteiger partial charge in [0.1, 0.15) is 24.4 Å². The maximum atomic E-state index is 15.0. The van der Waals surface area contributed by atoms with E-state index in [-0.39, 0.29) is 30.2 Å². The number of cyclic esters (lactones) is 2. The van der Waals surface area contributed by atoms with Crippen molar-refractivity contribution in [2.45, 2.75) is 121 Å². The molecule has 9 heteroatoms. The number of rotatable bonds is 2. The molecule has 0 radical (unpaired) electrons. The average molecular weight is 595 g/mol. The Morgan fingerprint density at radius 2 is 1.65 bits per heavy atom. The van der Waals surface area contributed by atoms with E-state index in [2.05, 4.69) is 6.92 Å². The number of fused-ring (bicyclic) bond motifs is 2. The van der Waals surface area contributed by atoms with Gasteiger partial charge in [-0.15, -0.1) is 0 Å². The summed E-state index contributed by atoms with van der Waals surface area (Å²) in [6.07, 6.45) is 8.09. The standard InChI is InChI=1S/C34H42O9/c1-29(2)22-21(35)23(36)33(19-8-4-5-9-19)20(32(22)17-40-28(38)31(27(32)43-29)12-6-7-13-31)10-14-30(3)24(18-11-15-39-16-18)41-26(37)25-34(30,33)42-25/h11,15-16,19-20,22-25,27,36H,4-10,12-14,17H2,1-3H3/t20-,22-,23-,24+,25-,27+,30+,32-,33+,34-/m1/s1. The SMILES string of the molecule is CC1(C)O[C@H]2C3(CCCC3)C(=O)OC[C@@]23[C@@H]1C(=O)[C@@H](O)[C@]1(C2CCCC2)[C@@H]3CC[C@@]2(C)[C@H](c3ccoc3)OC(=O)[C@H]3O[C@@]312. The molecular weight excluding hydrogens is 552 g/mol. The lowest BCUT2D eigenvalue weighted by atomic mass is 9.32. The molecule has 0 aromatic carbocycles. The zero-order valence-electron chi connectivity index (χ0n) is 25.3. The molecule has 43 heavy (non-hydrogen) atoms. The van der Waals surface area contributed by atoms with Crippen LogP contribution in [0.3, 0.4) is 0 Å². The number of hydrogen-bond acceptors (Lipinski definition) is 9. The third-order valence-electron chi connectivity index (χ3n) is 14.2. The first-order chi connectivity index (χ1) is 20.5. The highest BCUT2D eigenvalue weighted by molar-refractivity contribution is 5.92. The minimum absolute atomic E-state index is 0.0335. The summed E-state index contributed by atoms with van der Waals surface area (Å²) in [7, 11) is 0. The van der Waals surface area contributed by atoms with Crippen LogP contribution in [0.4, 0.5) is 0 Å². The second kappa shape index (κ2) is 8.13. The molecule has 1 aromatic heterocycles. The smallest absolute Gasteiger partial charge is 0.339 e. The Bertz CT molecular complexity index is 1400. The first-order valence-corrected chi connectivity index (χ1v) is 16.5. The molecule has 4 saturated carbocycles. The van der Waals surface area contributed by atoms with Crippen molar-refractivity contribution in [3.8, 4) is 0 Å². The van der Waals surface area contributed by atoms with Crippen molar-refractivity contribution < 1.29 is 42.9 Å². The molecular formula is C34H42O9. The van der Waals surface area contributed by atoms with Gasteiger partial charge in [0.05, 0.1) is 35.6 Å². The Morgan fingerprint density at radius 1 is 0.907 bits per heavy atom. The number of furan rings is 1. The van der Waals surface area contributed by atoms with Crippen molar-refractivity contribution in [2.75, 3.05) is 6.61 Å². The van der Waals surface area contributed by atoms with Crippen LogP contribution < -0.4 is 0 Å². The predicted molar refractivity (Wildman–Crippen MR) is 148 cm³/mol. The van der Waals surface area contributed by atoms with Gasteiger partial charge in [0.25, 0.3) is 0 Å². The maximum absolute atomic E-state index is 15.0. The Hall–Kier alpha value is -2.23. The molecule has 0 unspecified atom stereocenters. The summed E-state index contributed by atoms with van der Waals surface area (Å²) in [6.45, 7) is 6.12. The summed E-state index contributed by atoms with van der Waals surface area (Å²) in [5, 5.41) is 12.7.